The van der Waals surface area contributed by atoms with Gasteiger partial charge in [0.05, 0.1) is 0 Å². The van der Waals surface area contributed by atoms with Crippen LogP contribution >= 0.6 is 0 Å². The molecule has 1 atom stereocenters. The highest BCUT2D eigenvalue weighted by atomic mass is 16.2. The summed E-state index contributed by atoms with van der Waals surface area (Å²) in [6.07, 6.45) is 1.74. The monoisotopic (exact) mass is 174 g/mol. The van der Waals surface area contributed by atoms with Crippen LogP contribution in [-0.2, 0) is 4.79 Å². The summed E-state index contributed by atoms with van der Waals surface area (Å²) in [6, 6.07) is 0. The van der Waals surface area contributed by atoms with Crippen molar-refractivity contribution in [2.24, 2.45) is 11.7 Å². The van der Waals surface area contributed by atoms with Gasteiger partial charge in [-0.05, 0) is 19.4 Å². The number of nitrogens with two attached hydrogens (primary N) is 1. The molecule has 0 bridgehead atoms. The second kappa shape index (κ2) is 7.06. The smallest absolute Gasteiger partial charge is 0.221 e. The SMILES string of the molecule is CC(CNCCCCO)C(N)=O. The zero-order valence-electron chi connectivity index (χ0n) is 7.55. The van der Waals surface area contributed by atoms with Crippen molar-refractivity contribution in [3.05, 3.63) is 0 Å². The van der Waals surface area contributed by atoms with E-state index in [0.717, 1.165) is 19.4 Å². The van der Waals surface area contributed by atoms with E-state index in [0.29, 0.717) is 6.54 Å². The number of hydrogen-bond donors (Lipinski definition) is 3. The van der Waals surface area contributed by atoms with Gasteiger partial charge < -0.3 is 16.2 Å². The third kappa shape index (κ3) is 6.12. The van der Waals surface area contributed by atoms with Crippen LogP contribution in [0.3, 0.4) is 0 Å². The first kappa shape index (κ1) is 11.4. The molecule has 0 spiro atoms. The summed E-state index contributed by atoms with van der Waals surface area (Å²) in [5.41, 5.74) is 5.06. The summed E-state index contributed by atoms with van der Waals surface area (Å²) in [5, 5.41) is 11.6. The molecule has 0 aromatic carbocycles. The Hall–Kier alpha value is -0.610. The van der Waals surface area contributed by atoms with Crippen molar-refractivity contribution in [2.75, 3.05) is 19.7 Å². The maximum Gasteiger partial charge on any atom is 0.221 e. The molecule has 4 nitrogen and oxygen atoms in total. The summed E-state index contributed by atoms with van der Waals surface area (Å²) < 4.78 is 0. The molecule has 72 valence electrons. The number of carbonyl (C=O) groups is 1. The van der Waals surface area contributed by atoms with Crippen molar-refractivity contribution in [1.29, 1.82) is 0 Å². The highest BCUT2D eigenvalue weighted by molar-refractivity contribution is 5.76. The molecule has 0 aliphatic carbocycles. The molecule has 0 aromatic rings. The van der Waals surface area contributed by atoms with Gasteiger partial charge in [0.2, 0.25) is 5.91 Å². The molecule has 4 heteroatoms. The van der Waals surface area contributed by atoms with Crippen molar-refractivity contribution in [3.8, 4) is 0 Å². The predicted molar refractivity (Wildman–Crippen MR) is 47.5 cm³/mol. The maximum absolute atomic E-state index is 10.6. The van der Waals surface area contributed by atoms with Gasteiger partial charge in [-0.3, -0.25) is 4.79 Å². The lowest BCUT2D eigenvalue weighted by molar-refractivity contribution is -0.121. The van der Waals surface area contributed by atoms with E-state index in [1.54, 1.807) is 6.92 Å². The summed E-state index contributed by atoms with van der Waals surface area (Å²) in [4.78, 5) is 10.6. The van der Waals surface area contributed by atoms with Crippen LogP contribution in [0.1, 0.15) is 19.8 Å². The van der Waals surface area contributed by atoms with Crippen molar-refractivity contribution in [2.45, 2.75) is 19.8 Å². The van der Waals surface area contributed by atoms with E-state index < -0.39 is 0 Å². The summed E-state index contributed by atoms with van der Waals surface area (Å²) in [6.45, 7) is 3.48. The minimum absolute atomic E-state index is 0.112. The molecule has 0 aromatic heterocycles. The normalized spacial score (nSPS) is 12.8. The zero-order valence-corrected chi connectivity index (χ0v) is 7.55. The van der Waals surface area contributed by atoms with Crippen LogP contribution < -0.4 is 11.1 Å². The number of nitrogens with one attached hydrogen (secondary N) is 1. The zero-order chi connectivity index (χ0) is 9.40. The van der Waals surface area contributed by atoms with E-state index in [4.69, 9.17) is 10.8 Å². The van der Waals surface area contributed by atoms with Gasteiger partial charge in [0.15, 0.2) is 0 Å². The standard InChI is InChI=1S/C8H18N2O2/c1-7(8(9)12)6-10-4-2-3-5-11/h7,10-11H,2-6H2,1H3,(H2,9,12). The minimum atomic E-state index is -0.273. The van der Waals surface area contributed by atoms with E-state index in [2.05, 4.69) is 5.32 Å². The Morgan fingerprint density at radius 1 is 1.58 bits per heavy atom. The topological polar surface area (TPSA) is 75.3 Å². The number of amides is 1. The van der Waals surface area contributed by atoms with Crippen LogP contribution in [0.4, 0.5) is 0 Å². The Bertz CT molecular complexity index is 128. The second-order valence-corrected chi connectivity index (χ2v) is 2.94. The molecule has 1 amide bonds. The van der Waals surface area contributed by atoms with Gasteiger partial charge in [0.1, 0.15) is 0 Å². The van der Waals surface area contributed by atoms with Gasteiger partial charge in [0, 0.05) is 19.1 Å². The number of rotatable bonds is 7. The quantitative estimate of drug-likeness (QED) is 0.454. The first-order valence-corrected chi connectivity index (χ1v) is 4.29. The Morgan fingerprint density at radius 3 is 2.75 bits per heavy atom. The van der Waals surface area contributed by atoms with Crippen LogP contribution in [0.25, 0.3) is 0 Å². The minimum Gasteiger partial charge on any atom is -0.396 e. The second-order valence-electron chi connectivity index (χ2n) is 2.94. The number of aliphatic hydroxyl groups excluding tert-OH is 1. The Balaban J connectivity index is 3.14. The van der Waals surface area contributed by atoms with Crippen LogP contribution in [0.2, 0.25) is 0 Å². The van der Waals surface area contributed by atoms with Gasteiger partial charge in [-0.15, -0.1) is 0 Å². The van der Waals surface area contributed by atoms with Crippen molar-refractivity contribution >= 4 is 5.91 Å². The van der Waals surface area contributed by atoms with Crippen LogP contribution in [0.15, 0.2) is 0 Å². The van der Waals surface area contributed by atoms with Crippen LogP contribution in [0, 0.1) is 5.92 Å². The number of carbonyl (C=O) groups excluding carboxylic acids is 1. The number of hydrogen-bond acceptors (Lipinski definition) is 3. The molecule has 0 rings (SSSR count). The fourth-order valence-corrected chi connectivity index (χ4v) is 0.781. The van der Waals surface area contributed by atoms with E-state index in [-0.39, 0.29) is 18.4 Å². The molecule has 1 unspecified atom stereocenters. The molecule has 12 heavy (non-hydrogen) atoms. The molecule has 0 heterocycles. The summed E-state index contributed by atoms with van der Waals surface area (Å²) in [7, 11) is 0. The maximum atomic E-state index is 10.6. The first-order chi connectivity index (χ1) is 5.68. The molecule has 0 fully saturated rings. The average Bonchev–Trinajstić information content (AvgIpc) is 2.03. The lowest BCUT2D eigenvalue weighted by atomic mass is 10.2. The highest BCUT2D eigenvalue weighted by Gasteiger charge is 2.06. The predicted octanol–water partition coefficient (Wildman–Crippen LogP) is -0.530. The van der Waals surface area contributed by atoms with E-state index >= 15 is 0 Å². The van der Waals surface area contributed by atoms with Crippen molar-refractivity contribution in [1.82, 2.24) is 5.32 Å². The van der Waals surface area contributed by atoms with Gasteiger partial charge in [-0.25, -0.2) is 0 Å². The first-order valence-electron chi connectivity index (χ1n) is 4.29. The fourth-order valence-electron chi connectivity index (χ4n) is 0.781. The summed E-state index contributed by atoms with van der Waals surface area (Å²) >= 11 is 0. The van der Waals surface area contributed by atoms with Gasteiger partial charge in [-0.1, -0.05) is 6.92 Å². The molecule has 4 N–H and O–H groups in total. The molecule has 0 aliphatic heterocycles. The Labute approximate surface area is 73.1 Å². The highest BCUT2D eigenvalue weighted by Crippen LogP contribution is 1.90. The number of primary amides is 1. The van der Waals surface area contributed by atoms with Crippen molar-refractivity contribution < 1.29 is 9.90 Å². The summed E-state index contributed by atoms with van der Waals surface area (Å²) in [5.74, 6) is -0.385. The van der Waals surface area contributed by atoms with E-state index in [1.165, 1.54) is 0 Å². The lowest BCUT2D eigenvalue weighted by Crippen LogP contribution is -2.31. The largest absolute Gasteiger partial charge is 0.396 e. The number of unbranched alkanes of at least 4 members (excludes halogenated alkanes) is 1. The van der Waals surface area contributed by atoms with E-state index in [1.807, 2.05) is 0 Å². The number of aliphatic hydroxyl groups is 1. The third-order valence-corrected chi connectivity index (χ3v) is 1.70. The molecular weight excluding hydrogens is 156 g/mol. The third-order valence-electron chi connectivity index (χ3n) is 1.70. The van der Waals surface area contributed by atoms with Gasteiger partial charge in [0.25, 0.3) is 0 Å². The van der Waals surface area contributed by atoms with Crippen molar-refractivity contribution in [3.63, 3.8) is 0 Å². The lowest BCUT2D eigenvalue weighted by Gasteiger charge is -2.07. The molecule has 0 radical (unpaired) electrons. The molecule has 0 aliphatic rings. The molecular formula is C8H18N2O2. The van der Waals surface area contributed by atoms with Crippen LogP contribution in [-0.4, -0.2) is 30.7 Å². The van der Waals surface area contributed by atoms with Gasteiger partial charge >= 0.3 is 0 Å². The Kier molecular flexibility index (Phi) is 6.70. The Morgan fingerprint density at radius 2 is 2.25 bits per heavy atom. The van der Waals surface area contributed by atoms with Gasteiger partial charge in [-0.2, -0.15) is 0 Å². The molecule has 0 saturated heterocycles. The average molecular weight is 174 g/mol. The van der Waals surface area contributed by atoms with Crippen LogP contribution in [0.5, 0.6) is 0 Å². The fraction of sp³-hybridized carbons (Fsp3) is 0.875. The molecule has 0 saturated carbocycles. The van der Waals surface area contributed by atoms with E-state index in [9.17, 15) is 4.79 Å².